The van der Waals surface area contributed by atoms with E-state index in [0.29, 0.717) is 22.5 Å². The first-order chi connectivity index (χ1) is 7.89. The van der Waals surface area contributed by atoms with Crippen LogP contribution in [0.3, 0.4) is 0 Å². The molecule has 0 amide bonds. The summed E-state index contributed by atoms with van der Waals surface area (Å²) in [5, 5.41) is 2.93. The molecule has 0 bridgehead atoms. The maximum atomic E-state index is 12.2. The summed E-state index contributed by atoms with van der Waals surface area (Å²) in [5.41, 5.74) is 1.02. The molecule has 0 spiro atoms. The Morgan fingerprint density at radius 2 is 2.06 bits per heavy atom. The predicted octanol–water partition coefficient (Wildman–Crippen LogP) is 1.60. The van der Waals surface area contributed by atoms with Crippen molar-refractivity contribution in [2.75, 3.05) is 27.2 Å². The predicted molar refractivity (Wildman–Crippen MR) is 72.6 cm³/mol. The van der Waals surface area contributed by atoms with E-state index in [-0.39, 0.29) is 0 Å². The number of nitrogens with zero attached hydrogens (tertiary/aromatic N) is 1. The fourth-order valence-electron chi connectivity index (χ4n) is 1.37. The van der Waals surface area contributed by atoms with Crippen LogP contribution in [-0.4, -0.2) is 39.9 Å². The summed E-state index contributed by atoms with van der Waals surface area (Å²) in [7, 11) is -0.0360. The molecule has 17 heavy (non-hydrogen) atoms. The largest absolute Gasteiger partial charge is 0.318 e. The zero-order chi connectivity index (χ0) is 13.1. The molecule has 96 valence electrons. The van der Waals surface area contributed by atoms with Crippen molar-refractivity contribution in [2.45, 2.75) is 11.8 Å². The highest BCUT2D eigenvalue weighted by Gasteiger charge is 2.22. The summed E-state index contributed by atoms with van der Waals surface area (Å²) < 4.78 is 26.4. The lowest BCUT2D eigenvalue weighted by Gasteiger charge is -2.18. The van der Waals surface area contributed by atoms with Crippen LogP contribution in [0.25, 0.3) is 0 Å². The zero-order valence-electron chi connectivity index (χ0n) is 10.2. The van der Waals surface area contributed by atoms with Gasteiger partial charge in [-0.25, -0.2) is 8.42 Å². The van der Waals surface area contributed by atoms with Gasteiger partial charge in [0, 0.05) is 24.6 Å². The normalized spacial score (nSPS) is 12.1. The molecule has 0 saturated carbocycles. The van der Waals surface area contributed by atoms with Crippen LogP contribution in [0.2, 0.25) is 0 Å². The van der Waals surface area contributed by atoms with Gasteiger partial charge in [0.2, 0.25) is 10.0 Å². The number of nitrogens with one attached hydrogen (secondary N) is 1. The highest BCUT2D eigenvalue weighted by atomic mass is 79.9. The van der Waals surface area contributed by atoms with Crippen LogP contribution in [0, 0.1) is 6.92 Å². The Kier molecular flexibility index (Phi) is 5.12. The van der Waals surface area contributed by atoms with Gasteiger partial charge in [-0.2, -0.15) is 4.31 Å². The standard InChI is InChI=1S/C11H17BrN2O2S/c1-9-4-5-11(10(12)8-9)17(15,16)14(3)7-6-13-2/h4-5,8,13H,6-7H2,1-3H3. The summed E-state index contributed by atoms with van der Waals surface area (Å²) >= 11 is 3.30. The van der Waals surface area contributed by atoms with Crippen LogP contribution in [0.5, 0.6) is 0 Å². The van der Waals surface area contributed by atoms with Gasteiger partial charge in [0.25, 0.3) is 0 Å². The van der Waals surface area contributed by atoms with Crippen LogP contribution in [0.1, 0.15) is 5.56 Å². The Labute approximate surface area is 111 Å². The molecule has 6 heteroatoms. The van der Waals surface area contributed by atoms with E-state index in [0.717, 1.165) is 5.56 Å². The van der Waals surface area contributed by atoms with Gasteiger partial charge in [0.15, 0.2) is 0 Å². The Balaban J connectivity index is 3.04. The van der Waals surface area contributed by atoms with Crippen LogP contribution in [0.4, 0.5) is 0 Å². The fourth-order valence-corrected chi connectivity index (χ4v) is 3.69. The maximum absolute atomic E-state index is 12.2. The van der Waals surface area contributed by atoms with Crippen molar-refractivity contribution in [3.63, 3.8) is 0 Å². The van der Waals surface area contributed by atoms with Gasteiger partial charge in [-0.05, 0) is 47.6 Å². The third kappa shape index (κ3) is 3.51. The zero-order valence-corrected chi connectivity index (χ0v) is 12.6. The topological polar surface area (TPSA) is 49.4 Å². The Hall–Kier alpha value is -0.430. The smallest absolute Gasteiger partial charge is 0.243 e. The first kappa shape index (κ1) is 14.6. The number of sulfonamides is 1. The maximum Gasteiger partial charge on any atom is 0.243 e. The van der Waals surface area contributed by atoms with E-state index in [1.165, 1.54) is 4.31 Å². The number of likely N-dealkylation sites (N-methyl/N-ethyl adjacent to an activating group) is 2. The monoisotopic (exact) mass is 320 g/mol. The second-order valence-corrected chi connectivity index (χ2v) is 6.73. The van der Waals surface area contributed by atoms with E-state index in [9.17, 15) is 8.42 Å². The third-order valence-corrected chi connectivity index (χ3v) is 5.29. The summed E-state index contributed by atoms with van der Waals surface area (Å²) in [5.74, 6) is 0. The third-order valence-electron chi connectivity index (χ3n) is 2.45. The minimum atomic E-state index is -3.41. The molecular formula is C11H17BrN2O2S. The Bertz CT molecular complexity index is 488. The second-order valence-electron chi connectivity index (χ2n) is 3.86. The van der Waals surface area contributed by atoms with E-state index < -0.39 is 10.0 Å². The van der Waals surface area contributed by atoms with Crippen LogP contribution in [-0.2, 0) is 10.0 Å². The average molecular weight is 321 g/mol. The lowest BCUT2D eigenvalue weighted by atomic mass is 10.2. The molecule has 1 aromatic rings. The number of halogens is 1. The van der Waals surface area contributed by atoms with E-state index in [4.69, 9.17) is 0 Å². The van der Waals surface area contributed by atoms with Gasteiger partial charge in [-0.3, -0.25) is 0 Å². The highest BCUT2D eigenvalue weighted by Crippen LogP contribution is 2.25. The van der Waals surface area contributed by atoms with Crippen molar-refractivity contribution < 1.29 is 8.42 Å². The lowest BCUT2D eigenvalue weighted by Crippen LogP contribution is -2.33. The summed E-state index contributed by atoms with van der Waals surface area (Å²) in [6.45, 7) is 2.99. The fraction of sp³-hybridized carbons (Fsp3) is 0.455. The molecule has 0 atom stereocenters. The molecule has 1 aromatic carbocycles. The van der Waals surface area contributed by atoms with Crippen LogP contribution >= 0.6 is 15.9 Å². The van der Waals surface area contributed by atoms with Crippen LogP contribution in [0.15, 0.2) is 27.6 Å². The van der Waals surface area contributed by atoms with Crippen molar-refractivity contribution in [1.29, 1.82) is 0 Å². The number of hydrogen-bond donors (Lipinski definition) is 1. The van der Waals surface area contributed by atoms with E-state index in [1.54, 1.807) is 32.3 Å². The SMILES string of the molecule is CNCCN(C)S(=O)(=O)c1ccc(C)cc1Br. The molecule has 0 fully saturated rings. The molecule has 4 nitrogen and oxygen atoms in total. The van der Waals surface area contributed by atoms with Gasteiger partial charge < -0.3 is 5.32 Å². The lowest BCUT2D eigenvalue weighted by molar-refractivity contribution is 0.465. The average Bonchev–Trinajstić information content (AvgIpc) is 2.25. The Morgan fingerprint density at radius 3 is 2.59 bits per heavy atom. The molecule has 0 heterocycles. The number of rotatable bonds is 5. The minimum absolute atomic E-state index is 0.307. The molecule has 0 aliphatic carbocycles. The Morgan fingerprint density at radius 1 is 1.41 bits per heavy atom. The molecule has 1 rings (SSSR count). The summed E-state index contributed by atoms with van der Waals surface area (Å²) in [6, 6.07) is 5.23. The molecule has 0 unspecified atom stereocenters. The molecular weight excluding hydrogens is 304 g/mol. The van der Waals surface area contributed by atoms with Gasteiger partial charge in [0.1, 0.15) is 0 Å². The van der Waals surface area contributed by atoms with Gasteiger partial charge in [-0.15, -0.1) is 0 Å². The van der Waals surface area contributed by atoms with Gasteiger partial charge >= 0.3 is 0 Å². The molecule has 0 saturated heterocycles. The quantitative estimate of drug-likeness (QED) is 0.896. The van der Waals surface area contributed by atoms with Crippen molar-refractivity contribution in [3.8, 4) is 0 Å². The number of aryl methyl sites for hydroxylation is 1. The molecule has 0 aromatic heterocycles. The number of hydrogen-bond acceptors (Lipinski definition) is 3. The molecule has 1 N–H and O–H groups in total. The second kappa shape index (κ2) is 5.95. The van der Waals surface area contributed by atoms with Gasteiger partial charge in [-0.1, -0.05) is 6.07 Å². The highest BCUT2D eigenvalue weighted by molar-refractivity contribution is 9.10. The van der Waals surface area contributed by atoms with E-state index >= 15 is 0 Å². The minimum Gasteiger partial charge on any atom is -0.318 e. The van der Waals surface area contributed by atoms with Crippen LogP contribution < -0.4 is 5.32 Å². The number of benzene rings is 1. The van der Waals surface area contributed by atoms with Crippen molar-refractivity contribution in [1.82, 2.24) is 9.62 Å². The van der Waals surface area contributed by atoms with E-state index in [1.807, 2.05) is 6.92 Å². The first-order valence-corrected chi connectivity index (χ1v) is 7.50. The molecule has 0 aliphatic heterocycles. The van der Waals surface area contributed by atoms with Crippen molar-refractivity contribution >= 4 is 26.0 Å². The summed E-state index contributed by atoms with van der Waals surface area (Å²) in [4.78, 5) is 0.307. The van der Waals surface area contributed by atoms with Gasteiger partial charge in [0.05, 0.1) is 4.90 Å². The molecule has 0 radical (unpaired) electrons. The van der Waals surface area contributed by atoms with Crippen molar-refractivity contribution in [2.24, 2.45) is 0 Å². The van der Waals surface area contributed by atoms with Crippen molar-refractivity contribution in [3.05, 3.63) is 28.2 Å². The summed E-state index contributed by atoms with van der Waals surface area (Å²) in [6.07, 6.45) is 0. The molecule has 0 aliphatic rings. The first-order valence-electron chi connectivity index (χ1n) is 5.26. The van der Waals surface area contributed by atoms with E-state index in [2.05, 4.69) is 21.2 Å².